The Labute approximate surface area is 201 Å². The number of thiol groups is 1. The molecule has 5 atom stereocenters. The minimum Gasteiger partial charge on any atom is -0.480 e. The molecule has 16 heteroatoms. The number of aliphatic imine (C=N–C) groups is 1. The van der Waals surface area contributed by atoms with Gasteiger partial charge < -0.3 is 49.1 Å². The summed E-state index contributed by atoms with van der Waals surface area (Å²) in [5.74, 6) is -4.90. The first-order valence-electron chi connectivity index (χ1n) is 10.3. The number of aliphatic hydroxyl groups excluding tert-OH is 1. The number of nitrogens with zero attached hydrogens (tertiary/aromatic N) is 1. The highest BCUT2D eigenvalue weighted by molar-refractivity contribution is 7.80. The van der Waals surface area contributed by atoms with Crippen LogP contribution < -0.4 is 38.9 Å². The maximum atomic E-state index is 12.7. The molecule has 194 valence electrons. The molecule has 0 spiro atoms. The molecule has 0 saturated heterocycles. The Morgan fingerprint density at radius 1 is 0.941 bits per heavy atom. The van der Waals surface area contributed by atoms with Gasteiger partial charge in [-0.1, -0.05) is 0 Å². The minimum atomic E-state index is -1.57. The molecule has 0 aliphatic rings. The third kappa shape index (κ3) is 12.2. The van der Waals surface area contributed by atoms with Crippen LogP contribution in [0.4, 0.5) is 0 Å². The van der Waals surface area contributed by atoms with Gasteiger partial charge in [-0.05, 0) is 26.2 Å². The van der Waals surface area contributed by atoms with Crippen molar-refractivity contribution in [3.63, 3.8) is 0 Å². The zero-order chi connectivity index (χ0) is 26.4. The Kier molecular flexibility index (Phi) is 14.2. The second-order valence-corrected chi connectivity index (χ2v) is 7.80. The third-order valence-electron chi connectivity index (χ3n) is 4.47. The second-order valence-electron chi connectivity index (χ2n) is 7.43. The molecule has 0 bridgehead atoms. The summed E-state index contributed by atoms with van der Waals surface area (Å²) in [5.41, 5.74) is 21.1. The highest BCUT2D eigenvalue weighted by Gasteiger charge is 2.32. The van der Waals surface area contributed by atoms with Crippen molar-refractivity contribution >= 4 is 48.2 Å². The van der Waals surface area contributed by atoms with Crippen molar-refractivity contribution < 1.29 is 34.2 Å². The zero-order valence-corrected chi connectivity index (χ0v) is 19.7. The molecule has 0 heterocycles. The molecule has 0 aromatic rings. The van der Waals surface area contributed by atoms with Crippen LogP contribution in [0, 0.1) is 0 Å². The summed E-state index contributed by atoms with van der Waals surface area (Å²) in [5, 5.41) is 26.2. The van der Waals surface area contributed by atoms with E-state index >= 15 is 0 Å². The first kappa shape index (κ1) is 30.9. The molecule has 5 unspecified atom stereocenters. The van der Waals surface area contributed by atoms with E-state index in [1.807, 2.05) is 0 Å². The normalized spacial score (nSPS) is 15.1. The molecule has 15 nitrogen and oxygen atoms in total. The van der Waals surface area contributed by atoms with Gasteiger partial charge >= 0.3 is 5.97 Å². The van der Waals surface area contributed by atoms with Crippen LogP contribution in [-0.4, -0.2) is 88.3 Å². The first-order valence-corrected chi connectivity index (χ1v) is 11.0. The van der Waals surface area contributed by atoms with Crippen LogP contribution in [0.3, 0.4) is 0 Å². The Morgan fingerprint density at radius 2 is 1.53 bits per heavy atom. The number of carbonyl (C=O) groups excluding carboxylic acids is 4. The first-order chi connectivity index (χ1) is 15.8. The molecule has 34 heavy (non-hydrogen) atoms. The van der Waals surface area contributed by atoms with E-state index in [9.17, 15) is 34.2 Å². The number of nitrogens with one attached hydrogen (secondary N) is 3. The van der Waals surface area contributed by atoms with Crippen molar-refractivity contribution in [3.05, 3.63) is 0 Å². The maximum Gasteiger partial charge on any atom is 0.326 e. The summed E-state index contributed by atoms with van der Waals surface area (Å²) in [6.45, 7) is 1.33. The standard InChI is InChI=1S/C18H34N8O7S/c1-8(27)13(16(31)25-11(17(32)33)3-2-6-23-18(21)22)26-15(30)10(4-5-12(20)28)24-14(29)9(19)7-34/h8-11,13,27,34H,2-7,19H2,1H3,(H2,20,28)(H,24,29)(H,25,31)(H,26,30)(H,32,33)(H4,21,22,23). The molecular weight excluding hydrogens is 472 g/mol. The fourth-order valence-electron chi connectivity index (χ4n) is 2.60. The maximum absolute atomic E-state index is 12.7. The van der Waals surface area contributed by atoms with Gasteiger partial charge in [0.05, 0.1) is 12.1 Å². The summed E-state index contributed by atoms with van der Waals surface area (Å²) < 4.78 is 0. The van der Waals surface area contributed by atoms with E-state index in [1.54, 1.807) is 0 Å². The minimum absolute atomic E-state index is 0.0194. The number of aliphatic carboxylic acids is 1. The molecule has 0 rings (SSSR count). The van der Waals surface area contributed by atoms with Crippen molar-refractivity contribution in [3.8, 4) is 0 Å². The molecule has 13 N–H and O–H groups in total. The lowest BCUT2D eigenvalue weighted by molar-refractivity contribution is -0.143. The van der Waals surface area contributed by atoms with Crippen LogP contribution in [0.5, 0.6) is 0 Å². The molecular formula is C18H34N8O7S. The molecule has 0 fully saturated rings. The van der Waals surface area contributed by atoms with E-state index in [0.717, 1.165) is 0 Å². The number of carbonyl (C=O) groups is 5. The highest BCUT2D eigenvalue weighted by Crippen LogP contribution is 2.04. The van der Waals surface area contributed by atoms with E-state index in [0.29, 0.717) is 0 Å². The Hall–Kier alpha value is -3.11. The topological polar surface area (TPSA) is 278 Å². The molecule has 0 aromatic carbocycles. The molecule has 4 amide bonds. The van der Waals surface area contributed by atoms with Crippen LogP contribution >= 0.6 is 12.6 Å². The Morgan fingerprint density at radius 3 is 2.00 bits per heavy atom. The number of primary amides is 1. The van der Waals surface area contributed by atoms with Gasteiger partial charge in [-0.25, -0.2) is 4.79 Å². The van der Waals surface area contributed by atoms with Gasteiger partial charge in [-0.2, -0.15) is 12.6 Å². The number of guanidine groups is 1. The predicted molar refractivity (Wildman–Crippen MR) is 125 cm³/mol. The Bertz CT molecular complexity index is 761. The fourth-order valence-corrected chi connectivity index (χ4v) is 2.76. The summed E-state index contributed by atoms with van der Waals surface area (Å²) in [4.78, 5) is 63.8. The van der Waals surface area contributed by atoms with Gasteiger partial charge in [0, 0.05) is 18.7 Å². The van der Waals surface area contributed by atoms with Crippen LogP contribution in [0.1, 0.15) is 32.6 Å². The average Bonchev–Trinajstić information content (AvgIpc) is 2.74. The van der Waals surface area contributed by atoms with Crippen molar-refractivity contribution in [2.45, 2.75) is 62.9 Å². The molecule has 0 saturated carbocycles. The lowest BCUT2D eigenvalue weighted by Crippen LogP contribution is -2.60. The van der Waals surface area contributed by atoms with E-state index < -0.39 is 59.9 Å². The number of rotatable bonds is 16. The highest BCUT2D eigenvalue weighted by atomic mass is 32.1. The second kappa shape index (κ2) is 15.7. The lowest BCUT2D eigenvalue weighted by atomic mass is 10.1. The number of nitrogens with two attached hydrogens (primary N) is 4. The zero-order valence-electron chi connectivity index (χ0n) is 18.8. The van der Waals surface area contributed by atoms with E-state index in [2.05, 4.69) is 33.6 Å². The van der Waals surface area contributed by atoms with Gasteiger partial charge in [-0.15, -0.1) is 0 Å². The number of hydrogen-bond acceptors (Lipinski definition) is 9. The molecule has 0 aromatic heterocycles. The largest absolute Gasteiger partial charge is 0.480 e. The number of aliphatic hydroxyl groups is 1. The quantitative estimate of drug-likeness (QED) is 0.0414. The van der Waals surface area contributed by atoms with Gasteiger partial charge in [0.2, 0.25) is 23.6 Å². The lowest BCUT2D eigenvalue weighted by Gasteiger charge is -2.26. The molecule has 0 aliphatic carbocycles. The average molecular weight is 507 g/mol. The van der Waals surface area contributed by atoms with Crippen molar-refractivity contribution in [1.29, 1.82) is 0 Å². The predicted octanol–water partition coefficient (Wildman–Crippen LogP) is -4.52. The Balaban J connectivity index is 5.37. The van der Waals surface area contributed by atoms with E-state index in [1.165, 1.54) is 6.92 Å². The van der Waals surface area contributed by atoms with Crippen LogP contribution in [-0.2, 0) is 24.0 Å². The number of hydrogen-bond donors (Lipinski definition) is 10. The fraction of sp³-hybridized carbons (Fsp3) is 0.667. The monoisotopic (exact) mass is 506 g/mol. The van der Waals surface area contributed by atoms with Gasteiger partial charge in [-0.3, -0.25) is 24.2 Å². The van der Waals surface area contributed by atoms with Gasteiger partial charge in [0.1, 0.15) is 18.1 Å². The van der Waals surface area contributed by atoms with Gasteiger partial charge in [0.25, 0.3) is 0 Å². The summed E-state index contributed by atoms with van der Waals surface area (Å²) >= 11 is 3.90. The smallest absolute Gasteiger partial charge is 0.326 e. The van der Waals surface area contributed by atoms with E-state index in [4.69, 9.17) is 22.9 Å². The summed E-state index contributed by atoms with van der Waals surface area (Å²) in [6, 6.07) is -5.27. The van der Waals surface area contributed by atoms with Crippen LogP contribution in [0.15, 0.2) is 4.99 Å². The number of amides is 4. The molecule has 0 radical (unpaired) electrons. The van der Waals surface area contributed by atoms with Crippen LogP contribution in [0.2, 0.25) is 0 Å². The number of carboxylic acids is 1. The third-order valence-corrected chi connectivity index (χ3v) is 4.86. The summed E-state index contributed by atoms with van der Waals surface area (Å²) in [7, 11) is 0. The van der Waals surface area contributed by atoms with E-state index in [-0.39, 0.29) is 43.9 Å². The molecule has 0 aliphatic heterocycles. The van der Waals surface area contributed by atoms with Crippen molar-refractivity contribution in [2.24, 2.45) is 27.9 Å². The van der Waals surface area contributed by atoms with Crippen molar-refractivity contribution in [2.75, 3.05) is 12.3 Å². The van der Waals surface area contributed by atoms with Gasteiger partial charge in [0.15, 0.2) is 5.96 Å². The van der Waals surface area contributed by atoms with Crippen molar-refractivity contribution in [1.82, 2.24) is 16.0 Å². The van der Waals surface area contributed by atoms with Crippen LogP contribution in [0.25, 0.3) is 0 Å². The summed E-state index contributed by atoms with van der Waals surface area (Å²) in [6.07, 6.45) is -1.71. The SMILES string of the molecule is CC(O)C(NC(=O)C(CCC(N)=O)NC(=O)C(N)CS)C(=O)NC(CCCN=C(N)N)C(=O)O. The number of carboxylic acid groups (broad SMARTS) is 1.